The van der Waals surface area contributed by atoms with Gasteiger partial charge in [0.1, 0.15) is 0 Å². The fourth-order valence-corrected chi connectivity index (χ4v) is 2.65. The Bertz CT molecular complexity index is 592. The number of fused-ring (bicyclic) bond motifs is 1. The summed E-state index contributed by atoms with van der Waals surface area (Å²) in [4.78, 5) is 26.1. The summed E-state index contributed by atoms with van der Waals surface area (Å²) in [6, 6.07) is 7.70. The average Bonchev–Trinajstić information content (AvgIpc) is 2.51. The predicted molar refractivity (Wildman–Crippen MR) is 90.3 cm³/mol. The van der Waals surface area contributed by atoms with Crippen molar-refractivity contribution in [2.75, 3.05) is 18.0 Å². The van der Waals surface area contributed by atoms with Gasteiger partial charge in [0.25, 0.3) is 0 Å². The number of aliphatic hydroxyl groups excluding tert-OH is 1. The van der Waals surface area contributed by atoms with Gasteiger partial charge in [-0.25, -0.2) is 0 Å². The molecule has 1 aromatic carbocycles. The van der Waals surface area contributed by atoms with Crippen LogP contribution in [0.15, 0.2) is 24.3 Å². The van der Waals surface area contributed by atoms with E-state index in [0.29, 0.717) is 12.5 Å². The van der Waals surface area contributed by atoms with Crippen molar-refractivity contribution in [1.82, 2.24) is 5.32 Å². The number of aliphatic hydroxyl groups is 1. The van der Waals surface area contributed by atoms with Crippen LogP contribution < -0.4 is 10.2 Å². The van der Waals surface area contributed by atoms with Gasteiger partial charge in [-0.2, -0.15) is 0 Å². The van der Waals surface area contributed by atoms with Crippen molar-refractivity contribution in [3.8, 4) is 0 Å². The molecule has 2 rings (SSSR count). The number of anilines is 1. The second-order valence-electron chi connectivity index (χ2n) is 7.30. The van der Waals surface area contributed by atoms with Crippen molar-refractivity contribution < 1.29 is 14.7 Å². The third-order valence-electron chi connectivity index (χ3n) is 4.44. The Hall–Kier alpha value is -1.88. The molecule has 2 atom stereocenters. The van der Waals surface area contributed by atoms with Crippen LogP contribution in [0.1, 0.15) is 45.6 Å². The minimum atomic E-state index is -0.701. The van der Waals surface area contributed by atoms with Crippen molar-refractivity contribution in [3.05, 3.63) is 29.8 Å². The number of carbonyl (C=O) groups excluding carboxylic acids is 2. The van der Waals surface area contributed by atoms with Crippen LogP contribution in [0.2, 0.25) is 0 Å². The lowest BCUT2D eigenvalue weighted by molar-refractivity contribution is -0.138. The molecule has 0 radical (unpaired) electrons. The average molecular weight is 318 g/mol. The maximum atomic E-state index is 12.5. The van der Waals surface area contributed by atoms with Crippen molar-refractivity contribution in [3.63, 3.8) is 0 Å². The van der Waals surface area contributed by atoms with Gasteiger partial charge < -0.3 is 15.3 Å². The summed E-state index contributed by atoms with van der Waals surface area (Å²) in [5.74, 6) is -0.857. The number of nitrogens with one attached hydrogen (secondary N) is 1. The lowest BCUT2D eigenvalue weighted by Gasteiger charge is -2.32. The van der Waals surface area contributed by atoms with E-state index in [1.165, 1.54) is 4.90 Å². The highest BCUT2D eigenvalue weighted by molar-refractivity contribution is 6.40. The summed E-state index contributed by atoms with van der Waals surface area (Å²) < 4.78 is 0. The summed E-state index contributed by atoms with van der Waals surface area (Å²) in [6.07, 6.45) is 0.133. The van der Waals surface area contributed by atoms with E-state index in [4.69, 9.17) is 0 Å². The molecule has 0 aromatic heterocycles. The van der Waals surface area contributed by atoms with Crippen LogP contribution in [-0.2, 0) is 9.59 Å². The van der Waals surface area contributed by atoms with Gasteiger partial charge in [0.05, 0.1) is 6.10 Å². The van der Waals surface area contributed by atoms with E-state index in [-0.39, 0.29) is 12.0 Å². The first-order valence-electron chi connectivity index (χ1n) is 8.08. The Morgan fingerprint density at radius 3 is 2.65 bits per heavy atom. The van der Waals surface area contributed by atoms with E-state index in [0.717, 1.165) is 17.7 Å². The van der Waals surface area contributed by atoms with E-state index < -0.39 is 17.9 Å². The number of carbonyl (C=O) groups is 2. The van der Waals surface area contributed by atoms with E-state index in [1.807, 2.05) is 45.0 Å². The highest BCUT2D eigenvalue weighted by atomic mass is 16.3. The zero-order valence-electron chi connectivity index (χ0n) is 14.3. The number of hydrogen-bond donors (Lipinski definition) is 2. The molecule has 5 heteroatoms. The van der Waals surface area contributed by atoms with Crippen LogP contribution in [0, 0.1) is 5.41 Å². The van der Waals surface area contributed by atoms with Crippen LogP contribution in [0.5, 0.6) is 0 Å². The molecule has 0 saturated heterocycles. The summed E-state index contributed by atoms with van der Waals surface area (Å²) in [6.45, 7) is 8.38. The molecule has 0 aliphatic carbocycles. The molecule has 0 bridgehead atoms. The zero-order chi connectivity index (χ0) is 17.2. The molecular weight excluding hydrogens is 292 g/mol. The van der Waals surface area contributed by atoms with E-state index in [1.54, 1.807) is 0 Å². The van der Waals surface area contributed by atoms with Crippen molar-refractivity contribution in [2.45, 2.75) is 46.1 Å². The molecule has 1 aliphatic heterocycles. The summed E-state index contributed by atoms with van der Waals surface area (Å²) >= 11 is 0. The molecule has 1 aliphatic rings. The number of hydrogen-bond acceptors (Lipinski definition) is 3. The van der Waals surface area contributed by atoms with Gasteiger partial charge in [0.15, 0.2) is 0 Å². The summed E-state index contributed by atoms with van der Waals surface area (Å²) in [5, 5.41) is 12.5. The second kappa shape index (κ2) is 6.71. The molecule has 0 spiro atoms. The van der Waals surface area contributed by atoms with E-state index in [2.05, 4.69) is 12.2 Å². The third kappa shape index (κ3) is 3.91. The third-order valence-corrected chi connectivity index (χ3v) is 4.44. The number of para-hydroxylation sites is 1. The molecular formula is C18H26N2O3. The number of nitrogens with zero attached hydrogens (tertiary/aromatic N) is 1. The van der Waals surface area contributed by atoms with Crippen molar-refractivity contribution in [1.29, 1.82) is 0 Å². The zero-order valence-corrected chi connectivity index (χ0v) is 14.3. The Kier molecular flexibility index (Phi) is 5.09. The SMILES string of the molecule is CC1CCN(C(=O)C(=O)NCC(O)C(C)(C)C)c2ccccc21. The molecule has 2 N–H and O–H groups in total. The molecule has 23 heavy (non-hydrogen) atoms. The highest BCUT2D eigenvalue weighted by Crippen LogP contribution is 2.34. The quantitative estimate of drug-likeness (QED) is 0.820. The molecule has 0 saturated carbocycles. The van der Waals surface area contributed by atoms with Crippen LogP contribution in [-0.4, -0.2) is 36.1 Å². The molecule has 0 fully saturated rings. The largest absolute Gasteiger partial charge is 0.391 e. The maximum absolute atomic E-state index is 12.5. The first-order chi connectivity index (χ1) is 10.7. The van der Waals surface area contributed by atoms with E-state index >= 15 is 0 Å². The molecule has 2 unspecified atom stereocenters. The fraction of sp³-hybridized carbons (Fsp3) is 0.556. The van der Waals surface area contributed by atoms with Crippen LogP contribution in [0.3, 0.4) is 0 Å². The molecule has 1 aromatic rings. The van der Waals surface area contributed by atoms with Crippen molar-refractivity contribution in [2.24, 2.45) is 5.41 Å². The van der Waals surface area contributed by atoms with Crippen LogP contribution in [0.25, 0.3) is 0 Å². The molecule has 126 valence electrons. The maximum Gasteiger partial charge on any atom is 0.316 e. The van der Waals surface area contributed by atoms with Gasteiger partial charge in [-0.1, -0.05) is 45.9 Å². The number of rotatable bonds is 2. The van der Waals surface area contributed by atoms with Gasteiger partial charge in [-0.05, 0) is 29.4 Å². The smallest absolute Gasteiger partial charge is 0.316 e. The highest BCUT2D eigenvalue weighted by Gasteiger charge is 2.30. The van der Waals surface area contributed by atoms with Gasteiger partial charge >= 0.3 is 11.8 Å². The van der Waals surface area contributed by atoms with Crippen LogP contribution in [0.4, 0.5) is 5.69 Å². The molecule has 1 heterocycles. The topological polar surface area (TPSA) is 69.6 Å². The first kappa shape index (κ1) is 17.5. The molecule has 2 amide bonds. The number of benzene rings is 1. The van der Waals surface area contributed by atoms with Crippen LogP contribution >= 0.6 is 0 Å². The van der Waals surface area contributed by atoms with Crippen molar-refractivity contribution >= 4 is 17.5 Å². The van der Waals surface area contributed by atoms with Gasteiger partial charge in [-0.3, -0.25) is 9.59 Å². The van der Waals surface area contributed by atoms with Gasteiger partial charge in [-0.15, -0.1) is 0 Å². The summed E-state index contributed by atoms with van der Waals surface area (Å²) in [5.41, 5.74) is 1.56. The lowest BCUT2D eigenvalue weighted by Crippen LogP contribution is -2.48. The summed E-state index contributed by atoms with van der Waals surface area (Å²) in [7, 11) is 0. The Morgan fingerprint density at radius 1 is 1.35 bits per heavy atom. The standard InChI is InChI=1S/C18H26N2O3/c1-12-9-10-20(14-8-6-5-7-13(12)14)17(23)16(22)19-11-15(21)18(2,3)4/h5-8,12,15,21H,9-11H2,1-4H3,(H,19,22). The lowest BCUT2D eigenvalue weighted by atomic mass is 9.89. The number of amides is 2. The van der Waals surface area contributed by atoms with E-state index in [9.17, 15) is 14.7 Å². The minimum Gasteiger partial charge on any atom is -0.391 e. The Balaban J connectivity index is 2.06. The predicted octanol–water partition coefficient (Wildman–Crippen LogP) is 2.05. The minimum absolute atomic E-state index is 0.0694. The monoisotopic (exact) mass is 318 g/mol. The normalized spacial score (nSPS) is 19.0. The van der Waals surface area contributed by atoms with Gasteiger partial charge in [0.2, 0.25) is 0 Å². The first-order valence-corrected chi connectivity index (χ1v) is 8.08. The molecule has 5 nitrogen and oxygen atoms in total. The second-order valence-corrected chi connectivity index (χ2v) is 7.30. The van der Waals surface area contributed by atoms with Gasteiger partial charge in [0, 0.05) is 18.8 Å². The Morgan fingerprint density at radius 2 is 2.00 bits per heavy atom. The Labute approximate surface area is 137 Å². The fourth-order valence-electron chi connectivity index (χ4n) is 2.65.